The van der Waals surface area contributed by atoms with E-state index in [1.165, 1.54) is 0 Å². The van der Waals surface area contributed by atoms with Gasteiger partial charge in [-0.2, -0.15) is 13.2 Å². The molecule has 0 aliphatic carbocycles. The number of halogens is 3. The van der Waals surface area contributed by atoms with E-state index < -0.39 is 11.2 Å². The number of hydrogen-bond acceptors (Lipinski definition) is 5. The van der Waals surface area contributed by atoms with E-state index in [-0.39, 0.29) is 5.13 Å². The molecule has 0 fully saturated rings. The number of nitrogens with zero attached hydrogens (tertiary/aromatic N) is 3. The van der Waals surface area contributed by atoms with Gasteiger partial charge in [-0.25, -0.2) is 4.98 Å². The fourth-order valence-corrected chi connectivity index (χ4v) is 1.93. The monoisotopic (exact) mass is 277 g/mol. The maximum atomic E-state index is 12.2. The Hall–Kier alpha value is -1.64. The fourth-order valence-electron chi connectivity index (χ4n) is 1.30. The molecule has 2 rings (SSSR count). The summed E-state index contributed by atoms with van der Waals surface area (Å²) in [5, 5.41) is 8.56. The Labute approximate surface area is 104 Å². The number of anilines is 1. The molecule has 9 heteroatoms. The van der Waals surface area contributed by atoms with E-state index in [1.807, 2.05) is 0 Å². The lowest BCUT2D eigenvalue weighted by Crippen LogP contribution is -2.03. The van der Waals surface area contributed by atoms with Gasteiger partial charge in [0.15, 0.2) is 0 Å². The van der Waals surface area contributed by atoms with Crippen LogP contribution in [-0.2, 0) is 12.6 Å². The summed E-state index contributed by atoms with van der Waals surface area (Å²) >= 11 is 0.506. The lowest BCUT2D eigenvalue weighted by Gasteiger charge is -2.00. The van der Waals surface area contributed by atoms with E-state index in [1.54, 1.807) is 12.4 Å². The van der Waals surface area contributed by atoms with Crippen LogP contribution in [-0.4, -0.2) is 26.7 Å². The van der Waals surface area contributed by atoms with Crippen molar-refractivity contribution in [3.63, 3.8) is 0 Å². The maximum absolute atomic E-state index is 12.2. The molecule has 0 saturated carbocycles. The molecular weight excluding hydrogens is 267 g/mol. The van der Waals surface area contributed by atoms with Gasteiger partial charge in [0.2, 0.25) is 10.1 Å². The van der Waals surface area contributed by atoms with E-state index in [4.69, 9.17) is 0 Å². The van der Waals surface area contributed by atoms with E-state index >= 15 is 0 Å². The van der Waals surface area contributed by atoms with E-state index in [9.17, 15) is 13.2 Å². The van der Waals surface area contributed by atoms with Gasteiger partial charge in [0, 0.05) is 25.4 Å². The number of imidazole rings is 1. The second kappa shape index (κ2) is 5.34. The number of aromatic nitrogens is 4. The minimum absolute atomic E-state index is 0.182. The van der Waals surface area contributed by atoms with Gasteiger partial charge in [0.05, 0.1) is 0 Å². The van der Waals surface area contributed by atoms with Crippen LogP contribution in [0, 0.1) is 0 Å². The van der Waals surface area contributed by atoms with Crippen LogP contribution in [0.25, 0.3) is 0 Å². The highest BCUT2D eigenvalue weighted by Crippen LogP contribution is 2.32. The SMILES string of the molecule is FC(F)(F)c1nnc(NCCCc2ncc[nH]2)s1. The van der Waals surface area contributed by atoms with Crippen molar-refractivity contribution in [3.8, 4) is 0 Å². The zero-order valence-corrected chi connectivity index (χ0v) is 9.98. The Morgan fingerprint density at radius 2 is 2.17 bits per heavy atom. The van der Waals surface area contributed by atoms with Crippen LogP contribution in [0.4, 0.5) is 18.3 Å². The van der Waals surface area contributed by atoms with Gasteiger partial charge < -0.3 is 10.3 Å². The third-order valence-electron chi connectivity index (χ3n) is 2.09. The highest BCUT2D eigenvalue weighted by Gasteiger charge is 2.35. The zero-order chi connectivity index (χ0) is 13.0. The summed E-state index contributed by atoms with van der Waals surface area (Å²) < 4.78 is 36.7. The lowest BCUT2D eigenvalue weighted by molar-refractivity contribution is -0.138. The normalized spacial score (nSPS) is 11.7. The van der Waals surface area contributed by atoms with E-state index in [0.717, 1.165) is 18.7 Å². The van der Waals surface area contributed by atoms with Gasteiger partial charge in [-0.1, -0.05) is 11.3 Å². The summed E-state index contributed by atoms with van der Waals surface area (Å²) in [7, 11) is 0. The van der Waals surface area contributed by atoms with Crippen molar-refractivity contribution in [1.29, 1.82) is 0 Å². The van der Waals surface area contributed by atoms with Crippen molar-refractivity contribution in [3.05, 3.63) is 23.2 Å². The first-order valence-electron chi connectivity index (χ1n) is 5.18. The number of aromatic amines is 1. The smallest absolute Gasteiger partial charge is 0.360 e. The van der Waals surface area contributed by atoms with Crippen LogP contribution in [0.5, 0.6) is 0 Å². The van der Waals surface area contributed by atoms with Crippen molar-refractivity contribution in [2.24, 2.45) is 0 Å². The first-order chi connectivity index (χ1) is 8.55. The topological polar surface area (TPSA) is 66.5 Å². The largest absolute Gasteiger partial charge is 0.445 e. The van der Waals surface area contributed by atoms with Crippen LogP contribution in [0.15, 0.2) is 12.4 Å². The Morgan fingerprint density at radius 1 is 1.33 bits per heavy atom. The second-order valence-corrected chi connectivity index (χ2v) is 4.45. The standard InChI is InChI=1S/C9H10F3N5S/c10-9(11,12)7-16-17-8(18-7)15-3-1-2-6-13-4-5-14-6/h4-5H,1-3H2,(H,13,14)(H,15,17). The summed E-state index contributed by atoms with van der Waals surface area (Å²) in [4.78, 5) is 6.99. The number of nitrogens with one attached hydrogen (secondary N) is 2. The van der Waals surface area contributed by atoms with Crippen LogP contribution in [0.1, 0.15) is 17.3 Å². The summed E-state index contributed by atoms with van der Waals surface area (Å²) in [6, 6.07) is 0. The molecule has 98 valence electrons. The second-order valence-electron chi connectivity index (χ2n) is 3.48. The minimum atomic E-state index is -4.42. The van der Waals surface area contributed by atoms with Crippen LogP contribution in [0.2, 0.25) is 0 Å². The fraction of sp³-hybridized carbons (Fsp3) is 0.444. The molecule has 0 atom stereocenters. The highest BCUT2D eigenvalue weighted by atomic mass is 32.1. The average molecular weight is 277 g/mol. The third kappa shape index (κ3) is 3.42. The molecule has 0 bridgehead atoms. The molecule has 2 heterocycles. The van der Waals surface area contributed by atoms with Crippen molar-refractivity contribution >= 4 is 16.5 Å². The maximum Gasteiger partial charge on any atom is 0.445 e. The summed E-state index contributed by atoms with van der Waals surface area (Å²) in [5.41, 5.74) is 0. The van der Waals surface area contributed by atoms with Gasteiger partial charge in [-0.15, -0.1) is 10.2 Å². The first kappa shape index (κ1) is 12.8. The summed E-state index contributed by atoms with van der Waals surface area (Å²) in [6.45, 7) is 0.521. The summed E-state index contributed by atoms with van der Waals surface area (Å²) in [6.07, 6.45) is 0.428. The third-order valence-corrected chi connectivity index (χ3v) is 3.01. The molecule has 2 aromatic rings. The number of rotatable bonds is 5. The number of hydrogen-bond donors (Lipinski definition) is 2. The van der Waals surface area contributed by atoms with Gasteiger partial charge >= 0.3 is 6.18 Å². The first-order valence-corrected chi connectivity index (χ1v) is 6.00. The molecule has 0 radical (unpaired) electrons. The van der Waals surface area contributed by atoms with E-state index in [2.05, 4.69) is 25.5 Å². The Kier molecular flexibility index (Phi) is 3.80. The molecule has 0 saturated heterocycles. The van der Waals surface area contributed by atoms with Crippen molar-refractivity contribution in [1.82, 2.24) is 20.2 Å². The van der Waals surface area contributed by atoms with Crippen LogP contribution >= 0.6 is 11.3 Å². The molecule has 18 heavy (non-hydrogen) atoms. The predicted molar refractivity (Wildman–Crippen MR) is 60.3 cm³/mol. The number of aryl methyl sites for hydroxylation is 1. The molecule has 0 spiro atoms. The molecule has 0 aromatic carbocycles. The van der Waals surface area contributed by atoms with Gasteiger partial charge in [0.25, 0.3) is 0 Å². The Bertz CT molecular complexity index is 479. The molecule has 0 unspecified atom stereocenters. The molecule has 2 aromatic heterocycles. The van der Waals surface area contributed by atoms with Crippen molar-refractivity contribution < 1.29 is 13.2 Å². The quantitative estimate of drug-likeness (QED) is 0.823. The Balaban J connectivity index is 1.75. The molecule has 5 nitrogen and oxygen atoms in total. The molecule has 0 aliphatic rings. The van der Waals surface area contributed by atoms with Crippen molar-refractivity contribution in [2.75, 3.05) is 11.9 Å². The number of alkyl halides is 3. The van der Waals surface area contributed by atoms with Gasteiger partial charge in [-0.3, -0.25) is 0 Å². The highest BCUT2D eigenvalue weighted by molar-refractivity contribution is 7.15. The predicted octanol–water partition coefficient (Wildman–Crippen LogP) is 2.32. The summed E-state index contributed by atoms with van der Waals surface area (Å²) in [5.74, 6) is 0.852. The van der Waals surface area contributed by atoms with Gasteiger partial charge in [-0.05, 0) is 6.42 Å². The number of H-pyrrole nitrogens is 1. The molecule has 2 N–H and O–H groups in total. The van der Waals surface area contributed by atoms with Crippen LogP contribution in [0.3, 0.4) is 0 Å². The van der Waals surface area contributed by atoms with E-state index in [0.29, 0.717) is 17.9 Å². The molecular formula is C9H10F3N5S. The average Bonchev–Trinajstić information content (AvgIpc) is 2.95. The van der Waals surface area contributed by atoms with Crippen molar-refractivity contribution in [2.45, 2.75) is 19.0 Å². The Morgan fingerprint density at radius 3 is 2.78 bits per heavy atom. The molecule has 0 aliphatic heterocycles. The zero-order valence-electron chi connectivity index (χ0n) is 9.16. The minimum Gasteiger partial charge on any atom is -0.360 e. The lowest BCUT2D eigenvalue weighted by atomic mass is 10.3. The van der Waals surface area contributed by atoms with Crippen LogP contribution < -0.4 is 5.32 Å². The van der Waals surface area contributed by atoms with Gasteiger partial charge in [0.1, 0.15) is 5.82 Å². The molecule has 0 amide bonds.